The predicted molar refractivity (Wildman–Crippen MR) is 105 cm³/mol. The smallest absolute Gasteiger partial charge is 0.338 e. The van der Waals surface area contributed by atoms with Crippen LogP contribution in [0.5, 0.6) is 0 Å². The Morgan fingerprint density at radius 2 is 1.59 bits per heavy atom. The number of carbonyl (C=O) groups excluding carboxylic acids is 2. The number of esters is 2. The molecule has 8 nitrogen and oxygen atoms in total. The normalized spacial score (nSPS) is 20.6. The molecule has 0 radical (unpaired) electrons. The van der Waals surface area contributed by atoms with Gasteiger partial charge in [0.1, 0.15) is 25.0 Å². The molecule has 1 aliphatic rings. The van der Waals surface area contributed by atoms with E-state index in [0.29, 0.717) is 21.2 Å². The lowest BCUT2D eigenvalue weighted by molar-refractivity contribution is -0.0410. The topological polar surface area (TPSA) is 111 Å². The lowest BCUT2D eigenvalue weighted by Gasteiger charge is -2.19. The van der Waals surface area contributed by atoms with Crippen LogP contribution in [0.3, 0.4) is 0 Å². The first-order valence-electron chi connectivity index (χ1n) is 8.55. The van der Waals surface area contributed by atoms with E-state index in [1.54, 1.807) is 24.3 Å². The summed E-state index contributed by atoms with van der Waals surface area (Å²) in [6.45, 7) is -0.183. The molecule has 0 aliphatic carbocycles. The van der Waals surface area contributed by atoms with Crippen molar-refractivity contribution in [1.82, 2.24) is 0 Å². The van der Waals surface area contributed by atoms with Crippen LogP contribution < -0.4 is 0 Å². The van der Waals surface area contributed by atoms with E-state index in [-0.39, 0.29) is 13.0 Å². The Morgan fingerprint density at radius 1 is 1.03 bits per heavy atom. The summed E-state index contributed by atoms with van der Waals surface area (Å²) >= 11 is 11.6. The number of azide groups is 1. The number of ether oxygens (including phenoxy) is 3. The molecule has 2 aromatic rings. The van der Waals surface area contributed by atoms with Crippen molar-refractivity contribution in [3.05, 3.63) is 80.1 Å². The summed E-state index contributed by atoms with van der Waals surface area (Å²) < 4.78 is 16.3. The fourth-order valence-electron chi connectivity index (χ4n) is 2.72. The Hall–Kier alpha value is -2.77. The fraction of sp³-hybridized carbons (Fsp3) is 0.263. The summed E-state index contributed by atoms with van der Waals surface area (Å²) in [5.41, 5.74) is 9.25. The van der Waals surface area contributed by atoms with E-state index >= 15 is 0 Å². The Balaban J connectivity index is 1.64. The number of rotatable bonds is 6. The highest BCUT2D eigenvalue weighted by Gasteiger charge is 2.38. The lowest BCUT2D eigenvalue weighted by Crippen LogP contribution is -2.32. The number of hydrogen-bond donors (Lipinski definition) is 0. The molecule has 0 amide bonds. The zero-order valence-corrected chi connectivity index (χ0v) is 16.4. The molecule has 1 saturated heterocycles. The monoisotopic (exact) mass is 435 g/mol. The van der Waals surface area contributed by atoms with Crippen LogP contribution >= 0.6 is 23.2 Å². The van der Waals surface area contributed by atoms with Gasteiger partial charge in [0, 0.05) is 21.4 Å². The molecule has 0 saturated carbocycles. The largest absolute Gasteiger partial charge is 0.459 e. The maximum atomic E-state index is 12.4. The molecule has 3 rings (SSSR count). The second-order valence-corrected chi connectivity index (χ2v) is 7.00. The van der Waals surface area contributed by atoms with Gasteiger partial charge in [-0.1, -0.05) is 28.3 Å². The van der Waals surface area contributed by atoms with Crippen LogP contribution in [0.15, 0.2) is 53.6 Å². The molecule has 0 N–H and O–H groups in total. The summed E-state index contributed by atoms with van der Waals surface area (Å²) in [6, 6.07) is 12.4. The minimum atomic E-state index is -0.831. The van der Waals surface area contributed by atoms with Crippen molar-refractivity contribution in [2.24, 2.45) is 5.11 Å². The van der Waals surface area contributed by atoms with E-state index in [1.165, 1.54) is 24.3 Å². The summed E-state index contributed by atoms with van der Waals surface area (Å²) in [4.78, 5) is 27.3. The maximum Gasteiger partial charge on any atom is 0.338 e. The number of nitrogens with zero attached hydrogens (tertiary/aromatic N) is 3. The highest BCUT2D eigenvalue weighted by atomic mass is 35.5. The number of carbonyl (C=O) groups is 2. The predicted octanol–water partition coefficient (Wildman–Crippen LogP) is 4.80. The van der Waals surface area contributed by atoms with Crippen molar-refractivity contribution in [1.29, 1.82) is 0 Å². The third-order valence-corrected chi connectivity index (χ3v) is 4.66. The van der Waals surface area contributed by atoms with Gasteiger partial charge >= 0.3 is 11.9 Å². The van der Waals surface area contributed by atoms with Crippen LogP contribution in [0.25, 0.3) is 10.4 Å². The van der Waals surface area contributed by atoms with Gasteiger partial charge < -0.3 is 14.2 Å². The van der Waals surface area contributed by atoms with Crippen molar-refractivity contribution >= 4 is 35.1 Å². The van der Waals surface area contributed by atoms with Crippen LogP contribution in [0.2, 0.25) is 10.0 Å². The van der Waals surface area contributed by atoms with Gasteiger partial charge in [-0.3, -0.25) is 0 Å². The van der Waals surface area contributed by atoms with Crippen molar-refractivity contribution in [3.63, 3.8) is 0 Å². The van der Waals surface area contributed by atoms with Crippen LogP contribution in [-0.2, 0) is 14.2 Å². The first kappa shape index (κ1) is 21.0. The number of halogens is 2. The highest BCUT2D eigenvalue weighted by Crippen LogP contribution is 2.26. The van der Waals surface area contributed by atoms with Crippen LogP contribution in [0.4, 0.5) is 0 Å². The average Bonchev–Trinajstić information content (AvgIpc) is 3.08. The zero-order valence-electron chi connectivity index (χ0n) is 14.9. The molecule has 1 fully saturated rings. The molecular weight excluding hydrogens is 421 g/mol. The van der Waals surface area contributed by atoms with Crippen LogP contribution in [0.1, 0.15) is 27.1 Å². The quantitative estimate of drug-likeness (QED) is 0.280. The SMILES string of the molecule is [N-]=[N+]=N[C@@H]1C[C@H](OC(=O)c2ccc(Cl)cc2)[C@@H](COC(=O)c2ccc(Cl)cc2)O1. The van der Waals surface area contributed by atoms with E-state index in [2.05, 4.69) is 10.0 Å². The molecular formula is C19H15Cl2N3O5. The first-order valence-corrected chi connectivity index (χ1v) is 9.31. The Kier molecular flexibility index (Phi) is 6.95. The van der Waals surface area contributed by atoms with Gasteiger partial charge in [0.25, 0.3) is 0 Å². The molecule has 0 spiro atoms. The van der Waals surface area contributed by atoms with Crippen LogP contribution in [0, 0.1) is 0 Å². The van der Waals surface area contributed by atoms with E-state index in [1.807, 2.05) is 0 Å². The molecule has 0 bridgehead atoms. The van der Waals surface area contributed by atoms with E-state index in [9.17, 15) is 9.59 Å². The lowest BCUT2D eigenvalue weighted by atomic mass is 10.1. The first-order chi connectivity index (χ1) is 14.0. The molecule has 0 aromatic heterocycles. The molecule has 1 aliphatic heterocycles. The number of benzene rings is 2. The van der Waals surface area contributed by atoms with Gasteiger partial charge in [-0.15, -0.1) is 0 Å². The van der Waals surface area contributed by atoms with Crippen molar-refractivity contribution in [2.45, 2.75) is 24.9 Å². The third kappa shape index (κ3) is 5.62. The van der Waals surface area contributed by atoms with Gasteiger partial charge in [0.15, 0.2) is 0 Å². The van der Waals surface area contributed by atoms with Gasteiger partial charge in [0.2, 0.25) is 0 Å². The van der Waals surface area contributed by atoms with E-state index in [4.69, 9.17) is 42.9 Å². The van der Waals surface area contributed by atoms with Gasteiger partial charge in [-0.25, -0.2) is 9.59 Å². The second kappa shape index (κ2) is 9.62. The van der Waals surface area contributed by atoms with Gasteiger partial charge in [-0.05, 0) is 54.1 Å². The molecule has 1 heterocycles. The molecule has 0 unspecified atom stereocenters. The Labute approximate surface area is 175 Å². The molecule has 3 atom stereocenters. The second-order valence-electron chi connectivity index (χ2n) is 6.13. The summed E-state index contributed by atoms with van der Waals surface area (Å²) in [6.07, 6.45) is -2.22. The van der Waals surface area contributed by atoms with Crippen molar-refractivity contribution in [3.8, 4) is 0 Å². The average molecular weight is 436 g/mol. The van der Waals surface area contributed by atoms with Gasteiger partial charge in [0.05, 0.1) is 11.1 Å². The Bertz CT molecular complexity index is 930. The molecule has 2 aromatic carbocycles. The molecule has 10 heteroatoms. The van der Waals surface area contributed by atoms with E-state index in [0.717, 1.165) is 0 Å². The highest BCUT2D eigenvalue weighted by molar-refractivity contribution is 6.30. The van der Waals surface area contributed by atoms with Crippen LogP contribution in [-0.4, -0.2) is 37.0 Å². The number of hydrogen-bond acceptors (Lipinski definition) is 6. The standard InChI is InChI=1S/C19H15Cl2N3O5/c20-13-5-1-11(2-6-13)18(25)27-10-16-15(9-17(28-16)23-24-22)29-19(26)12-3-7-14(21)8-4-12/h1-8,15-17H,9-10H2/t15-,16+,17-/m0/s1. The summed E-state index contributed by atoms with van der Waals surface area (Å²) in [7, 11) is 0. The fourth-order valence-corrected chi connectivity index (χ4v) is 2.97. The minimum Gasteiger partial charge on any atom is -0.459 e. The third-order valence-electron chi connectivity index (χ3n) is 4.16. The summed E-state index contributed by atoms with van der Waals surface area (Å²) in [5.74, 6) is -1.17. The van der Waals surface area contributed by atoms with Gasteiger partial charge in [-0.2, -0.15) is 0 Å². The molecule has 150 valence electrons. The van der Waals surface area contributed by atoms with Crippen molar-refractivity contribution in [2.75, 3.05) is 6.61 Å². The Morgan fingerprint density at radius 3 is 2.14 bits per heavy atom. The van der Waals surface area contributed by atoms with Crippen molar-refractivity contribution < 1.29 is 23.8 Å². The molecule has 29 heavy (non-hydrogen) atoms. The minimum absolute atomic E-state index is 0.145. The van der Waals surface area contributed by atoms with E-state index < -0.39 is 30.4 Å². The zero-order chi connectivity index (χ0) is 20.8. The summed E-state index contributed by atoms with van der Waals surface area (Å²) in [5, 5.41) is 4.48. The maximum absolute atomic E-state index is 12.4.